The van der Waals surface area contributed by atoms with Crippen molar-refractivity contribution in [1.82, 2.24) is 10.3 Å². The number of anilines is 2. The first-order chi connectivity index (χ1) is 16.4. The molecule has 0 bridgehead atoms. The van der Waals surface area contributed by atoms with E-state index in [1.807, 2.05) is 50.2 Å². The van der Waals surface area contributed by atoms with Gasteiger partial charge in [-0.3, -0.25) is 9.59 Å². The molecular formula is C25H28N4O4S. The largest absolute Gasteiger partial charge is 0.494 e. The first-order valence-electron chi connectivity index (χ1n) is 11.2. The molecule has 0 aliphatic carbocycles. The van der Waals surface area contributed by atoms with Crippen LogP contribution in [0.25, 0.3) is 0 Å². The van der Waals surface area contributed by atoms with Gasteiger partial charge >= 0.3 is 0 Å². The Labute approximate surface area is 202 Å². The second kappa shape index (κ2) is 10.6. The molecule has 1 aromatic heterocycles. The predicted octanol–water partition coefficient (Wildman–Crippen LogP) is 4.26. The fourth-order valence-corrected chi connectivity index (χ4v) is 4.37. The average molecular weight is 481 g/mol. The number of hydrogen-bond acceptors (Lipinski definition) is 7. The highest BCUT2D eigenvalue weighted by molar-refractivity contribution is 7.17. The number of nitrogens with one attached hydrogen (secondary N) is 2. The summed E-state index contributed by atoms with van der Waals surface area (Å²) in [5.41, 5.74) is 2.13. The second-order valence-electron chi connectivity index (χ2n) is 8.05. The van der Waals surface area contributed by atoms with E-state index in [0.717, 1.165) is 47.2 Å². The number of benzene rings is 2. The van der Waals surface area contributed by atoms with Crippen LogP contribution < -0.4 is 25.0 Å². The highest BCUT2D eigenvalue weighted by Crippen LogP contribution is 2.27. The van der Waals surface area contributed by atoms with Gasteiger partial charge in [-0.2, -0.15) is 0 Å². The lowest BCUT2D eigenvalue weighted by molar-refractivity contribution is -0.114. The van der Waals surface area contributed by atoms with E-state index in [0.29, 0.717) is 16.6 Å². The van der Waals surface area contributed by atoms with Crippen LogP contribution in [0.3, 0.4) is 0 Å². The summed E-state index contributed by atoms with van der Waals surface area (Å²) in [6.07, 6.45) is 1.60. The third-order valence-corrected chi connectivity index (χ3v) is 6.32. The van der Waals surface area contributed by atoms with Gasteiger partial charge in [-0.15, -0.1) is 0 Å². The Balaban J connectivity index is 1.25. The van der Waals surface area contributed by atoms with Crippen molar-refractivity contribution in [3.05, 3.63) is 65.2 Å². The first kappa shape index (κ1) is 23.6. The molecule has 2 N–H and O–H groups in total. The zero-order valence-corrected chi connectivity index (χ0v) is 20.2. The zero-order chi connectivity index (χ0) is 24.1. The Morgan fingerprint density at radius 1 is 1.12 bits per heavy atom. The van der Waals surface area contributed by atoms with Crippen LogP contribution in [0.15, 0.2) is 54.7 Å². The summed E-state index contributed by atoms with van der Waals surface area (Å²) in [7, 11) is 0. The first-order valence-corrected chi connectivity index (χ1v) is 12.0. The monoisotopic (exact) mass is 480 g/mol. The maximum absolute atomic E-state index is 12.5. The third-order valence-electron chi connectivity index (χ3n) is 5.40. The molecule has 0 radical (unpaired) electrons. The molecule has 1 fully saturated rings. The number of ether oxygens (including phenoxy) is 2. The molecule has 1 saturated heterocycles. The second-order valence-corrected chi connectivity index (χ2v) is 9.08. The standard InChI is InChI=1S/C25H28N4O4S/c1-4-32-20-11-7-19(8-12-20)29-14-22(15-29)33-21-9-5-18(6-10-21)16(2)27-24(31)23-13-26-25(34-23)28-17(3)30/h5-13,16,22H,4,14-15H2,1-3H3,(H,27,31)(H,26,28,30)/t16-/m0/s1. The van der Waals surface area contributed by atoms with E-state index in [1.165, 1.54) is 13.1 Å². The summed E-state index contributed by atoms with van der Waals surface area (Å²) in [6.45, 7) is 7.62. The van der Waals surface area contributed by atoms with Gasteiger partial charge in [0.05, 0.1) is 31.9 Å². The van der Waals surface area contributed by atoms with Gasteiger partial charge in [0.2, 0.25) is 5.91 Å². The Hall–Kier alpha value is -3.59. The Morgan fingerprint density at radius 2 is 1.79 bits per heavy atom. The minimum absolute atomic E-state index is 0.138. The van der Waals surface area contributed by atoms with E-state index < -0.39 is 0 Å². The van der Waals surface area contributed by atoms with E-state index in [1.54, 1.807) is 0 Å². The summed E-state index contributed by atoms with van der Waals surface area (Å²) in [6, 6.07) is 15.7. The predicted molar refractivity (Wildman–Crippen MR) is 133 cm³/mol. The van der Waals surface area contributed by atoms with Crippen LogP contribution in [0.2, 0.25) is 0 Å². The minimum Gasteiger partial charge on any atom is -0.494 e. The summed E-state index contributed by atoms with van der Waals surface area (Å²) < 4.78 is 11.6. The van der Waals surface area contributed by atoms with Crippen molar-refractivity contribution in [1.29, 1.82) is 0 Å². The third kappa shape index (κ3) is 5.85. The van der Waals surface area contributed by atoms with Crippen molar-refractivity contribution in [2.75, 3.05) is 29.9 Å². The van der Waals surface area contributed by atoms with Gasteiger partial charge in [0.15, 0.2) is 5.13 Å². The molecule has 0 spiro atoms. The van der Waals surface area contributed by atoms with Gasteiger partial charge < -0.3 is 25.0 Å². The summed E-state index contributed by atoms with van der Waals surface area (Å²) >= 11 is 1.14. The molecule has 3 aromatic rings. The molecule has 0 unspecified atom stereocenters. The Bertz CT molecular complexity index is 1120. The molecular weight excluding hydrogens is 452 g/mol. The van der Waals surface area contributed by atoms with Gasteiger partial charge in [-0.25, -0.2) is 4.98 Å². The molecule has 178 valence electrons. The van der Waals surface area contributed by atoms with Crippen LogP contribution in [0.1, 0.15) is 42.0 Å². The molecule has 34 heavy (non-hydrogen) atoms. The van der Waals surface area contributed by atoms with E-state index >= 15 is 0 Å². The van der Waals surface area contributed by atoms with E-state index in [9.17, 15) is 9.59 Å². The van der Waals surface area contributed by atoms with Gasteiger partial charge in [0, 0.05) is 12.6 Å². The normalized spacial score (nSPS) is 14.1. The molecule has 8 nitrogen and oxygen atoms in total. The highest BCUT2D eigenvalue weighted by atomic mass is 32.1. The Morgan fingerprint density at radius 3 is 2.44 bits per heavy atom. The molecule has 2 heterocycles. The van der Waals surface area contributed by atoms with Crippen LogP contribution in [-0.4, -0.2) is 42.6 Å². The summed E-state index contributed by atoms with van der Waals surface area (Å²) in [5, 5.41) is 5.95. The molecule has 2 amide bonds. The number of nitrogens with zero attached hydrogens (tertiary/aromatic N) is 2. The Kier molecular flexibility index (Phi) is 7.32. The molecule has 1 atom stereocenters. The lowest BCUT2D eigenvalue weighted by atomic mass is 10.1. The summed E-state index contributed by atoms with van der Waals surface area (Å²) in [4.78, 5) is 30.4. The van der Waals surface area contributed by atoms with Gasteiger partial charge in [0.1, 0.15) is 22.5 Å². The summed E-state index contributed by atoms with van der Waals surface area (Å²) in [5.74, 6) is 1.24. The van der Waals surface area contributed by atoms with Crippen LogP contribution in [0.5, 0.6) is 11.5 Å². The quantitative estimate of drug-likeness (QED) is 0.475. The maximum Gasteiger partial charge on any atom is 0.263 e. The molecule has 1 aliphatic heterocycles. The number of hydrogen-bond donors (Lipinski definition) is 2. The van der Waals surface area contributed by atoms with Crippen molar-refractivity contribution in [3.8, 4) is 11.5 Å². The highest BCUT2D eigenvalue weighted by Gasteiger charge is 2.28. The smallest absolute Gasteiger partial charge is 0.263 e. The number of aromatic nitrogens is 1. The van der Waals surface area contributed by atoms with Crippen LogP contribution >= 0.6 is 11.3 Å². The number of rotatable bonds is 9. The van der Waals surface area contributed by atoms with Crippen molar-refractivity contribution >= 4 is 34.0 Å². The fraction of sp³-hybridized carbons (Fsp3) is 0.320. The van der Waals surface area contributed by atoms with E-state index in [-0.39, 0.29) is 24.0 Å². The van der Waals surface area contributed by atoms with Gasteiger partial charge in [-0.1, -0.05) is 23.5 Å². The minimum atomic E-state index is -0.231. The molecule has 4 rings (SSSR count). The lowest BCUT2D eigenvalue weighted by Crippen LogP contribution is -2.54. The number of carbonyl (C=O) groups excluding carboxylic acids is 2. The SMILES string of the molecule is CCOc1ccc(N2CC(Oc3ccc([C@H](C)NC(=O)c4cnc(NC(C)=O)s4)cc3)C2)cc1. The van der Waals surface area contributed by atoms with Crippen molar-refractivity contribution < 1.29 is 19.1 Å². The number of thiazole rings is 1. The van der Waals surface area contributed by atoms with E-state index in [2.05, 4.69) is 32.7 Å². The molecule has 2 aromatic carbocycles. The van der Waals surface area contributed by atoms with Crippen molar-refractivity contribution in [3.63, 3.8) is 0 Å². The van der Waals surface area contributed by atoms with Crippen LogP contribution in [0, 0.1) is 0 Å². The van der Waals surface area contributed by atoms with Gasteiger partial charge in [-0.05, 0) is 55.8 Å². The van der Waals surface area contributed by atoms with Crippen molar-refractivity contribution in [2.45, 2.75) is 32.9 Å². The molecule has 1 aliphatic rings. The average Bonchev–Trinajstić information content (AvgIpc) is 3.25. The molecule has 0 saturated carbocycles. The maximum atomic E-state index is 12.5. The van der Waals surface area contributed by atoms with E-state index in [4.69, 9.17) is 9.47 Å². The topological polar surface area (TPSA) is 92.8 Å². The number of amides is 2. The zero-order valence-electron chi connectivity index (χ0n) is 19.4. The number of carbonyl (C=O) groups is 2. The lowest BCUT2D eigenvalue weighted by Gasteiger charge is -2.40. The van der Waals surface area contributed by atoms with Gasteiger partial charge in [0.25, 0.3) is 5.91 Å². The fourth-order valence-electron chi connectivity index (χ4n) is 3.61. The molecule has 9 heteroatoms. The van der Waals surface area contributed by atoms with Crippen LogP contribution in [-0.2, 0) is 4.79 Å². The van der Waals surface area contributed by atoms with Crippen LogP contribution in [0.4, 0.5) is 10.8 Å². The van der Waals surface area contributed by atoms with Crippen molar-refractivity contribution in [2.24, 2.45) is 0 Å².